The highest BCUT2D eigenvalue weighted by Gasteiger charge is 2.23. The van der Waals surface area contributed by atoms with Crippen molar-refractivity contribution >= 4 is 5.69 Å². The molecule has 0 fully saturated rings. The molecule has 1 unspecified atom stereocenters. The van der Waals surface area contributed by atoms with Gasteiger partial charge in [-0.25, -0.2) is 0 Å². The molecule has 0 aliphatic carbocycles. The molecular formula is C18H19NO2. The Bertz CT molecular complexity index is 628. The van der Waals surface area contributed by atoms with Crippen LogP contribution in [0.1, 0.15) is 17.5 Å². The van der Waals surface area contributed by atoms with Crippen LogP contribution in [0, 0.1) is 0 Å². The maximum absolute atomic E-state index is 6.05. The molecule has 0 bridgehead atoms. The smallest absolute Gasteiger partial charge is 0.137 e. The average Bonchev–Trinajstić information content (AvgIpc) is 2.96. The summed E-state index contributed by atoms with van der Waals surface area (Å²) in [6, 6.07) is 14.5. The third kappa shape index (κ3) is 2.44. The summed E-state index contributed by atoms with van der Waals surface area (Å²) in [5, 5.41) is 3.43. The van der Waals surface area contributed by atoms with E-state index in [1.165, 1.54) is 23.2 Å². The fourth-order valence-corrected chi connectivity index (χ4v) is 3.14. The summed E-state index contributed by atoms with van der Waals surface area (Å²) >= 11 is 0. The molecule has 2 aliphatic heterocycles. The van der Waals surface area contributed by atoms with Crippen LogP contribution < -0.4 is 14.8 Å². The van der Waals surface area contributed by atoms with Gasteiger partial charge in [-0.3, -0.25) is 0 Å². The summed E-state index contributed by atoms with van der Waals surface area (Å²) < 4.78 is 12.0. The Labute approximate surface area is 124 Å². The molecule has 108 valence electrons. The van der Waals surface area contributed by atoms with Crippen molar-refractivity contribution in [2.24, 2.45) is 0 Å². The number of ether oxygens (including phenoxy) is 2. The maximum atomic E-state index is 6.05. The standard InChI is InChI=1S/C18H19NO2/c1-2-8-17-13(5-1)11-14(21-17)12-20-18-9-3-7-16-15(18)6-4-10-19-16/h1-3,5,7-9,14,19H,4,6,10-12H2. The summed E-state index contributed by atoms with van der Waals surface area (Å²) in [5.41, 5.74) is 3.80. The first-order valence-electron chi connectivity index (χ1n) is 7.63. The van der Waals surface area contributed by atoms with Crippen LogP contribution >= 0.6 is 0 Å². The van der Waals surface area contributed by atoms with E-state index < -0.39 is 0 Å². The molecule has 0 aromatic heterocycles. The molecule has 0 spiro atoms. The van der Waals surface area contributed by atoms with Gasteiger partial charge < -0.3 is 14.8 Å². The van der Waals surface area contributed by atoms with Crippen molar-refractivity contribution in [3.05, 3.63) is 53.6 Å². The molecule has 0 amide bonds. The van der Waals surface area contributed by atoms with Crippen LogP contribution in [0.15, 0.2) is 42.5 Å². The lowest BCUT2D eigenvalue weighted by molar-refractivity contribution is 0.148. The Hall–Kier alpha value is -2.16. The van der Waals surface area contributed by atoms with E-state index in [2.05, 4.69) is 35.6 Å². The zero-order chi connectivity index (χ0) is 14.1. The van der Waals surface area contributed by atoms with E-state index >= 15 is 0 Å². The Morgan fingerprint density at radius 1 is 1.14 bits per heavy atom. The van der Waals surface area contributed by atoms with E-state index in [9.17, 15) is 0 Å². The van der Waals surface area contributed by atoms with Crippen molar-refractivity contribution in [1.29, 1.82) is 0 Å². The van der Waals surface area contributed by atoms with Gasteiger partial charge in [-0.15, -0.1) is 0 Å². The number of hydrogen-bond acceptors (Lipinski definition) is 3. The van der Waals surface area contributed by atoms with Crippen molar-refractivity contribution in [3.63, 3.8) is 0 Å². The van der Waals surface area contributed by atoms with Crippen molar-refractivity contribution in [1.82, 2.24) is 0 Å². The molecule has 0 saturated carbocycles. The van der Waals surface area contributed by atoms with E-state index in [0.29, 0.717) is 6.61 Å². The molecule has 3 heteroatoms. The molecule has 1 N–H and O–H groups in total. The molecule has 1 atom stereocenters. The van der Waals surface area contributed by atoms with E-state index in [4.69, 9.17) is 9.47 Å². The van der Waals surface area contributed by atoms with E-state index in [1.54, 1.807) is 0 Å². The van der Waals surface area contributed by atoms with Gasteiger partial charge in [-0.05, 0) is 36.6 Å². The van der Waals surface area contributed by atoms with Crippen LogP contribution in [-0.2, 0) is 12.8 Å². The highest BCUT2D eigenvalue weighted by atomic mass is 16.5. The molecular weight excluding hydrogens is 262 g/mol. The second-order valence-corrected chi connectivity index (χ2v) is 5.68. The van der Waals surface area contributed by atoms with Crippen molar-refractivity contribution < 1.29 is 9.47 Å². The Morgan fingerprint density at radius 3 is 3.05 bits per heavy atom. The molecule has 2 heterocycles. The molecule has 3 nitrogen and oxygen atoms in total. The number of hydrogen-bond donors (Lipinski definition) is 1. The highest BCUT2D eigenvalue weighted by molar-refractivity contribution is 5.59. The monoisotopic (exact) mass is 281 g/mol. The van der Waals surface area contributed by atoms with Gasteiger partial charge in [0.2, 0.25) is 0 Å². The first-order valence-corrected chi connectivity index (χ1v) is 7.63. The SMILES string of the molecule is c1ccc2c(c1)CC(COc1cccc3c1CCCN3)O2. The molecule has 2 aromatic rings. The van der Waals surface area contributed by atoms with E-state index in [1.807, 2.05) is 12.1 Å². The predicted octanol–water partition coefficient (Wildman–Crippen LogP) is 3.43. The summed E-state index contributed by atoms with van der Waals surface area (Å²) in [5.74, 6) is 2.00. The Kier molecular flexibility index (Phi) is 3.18. The Morgan fingerprint density at radius 2 is 2.10 bits per heavy atom. The van der Waals surface area contributed by atoms with E-state index in [0.717, 1.165) is 30.9 Å². The van der Waals surface area contributed by atoms with Crippen LogP contribution in [0.5, 0.6) is 11.5 Å². The summed E-state index contributed by atoms with van der Waals surface area (Å²) in [6.45, 7) is 1.66. The predicted molar refractivity (Wildman–Crippen MR) is 83.3 cm³/mol. The van der Waals surface area contributed by atoms with E-state index in [-0.39, 0.29) is 6.10 Å². The molecule has 0 radical (unpaired) electrons. The molecule has 2 aliphatic rings. The zero-order valence-electron chi connectivity index (χ0n) is 12.0. The lowest BCUT2D eigenvalue weighted by atomic mass is 10.0. The second kappa shape index (κ2) is 5.32. The first-order chi connectivity index (χ1) is 10.4. The number of fused-ring (bicyclic) bond motifs is 2. The summed E-state index contributed by atoms with van der Waals surface area (Å²) in [4.78, 5) is 0. The number of nitrogens with one attached hydrogen (secondary N) is 1. The van der Waals surface area contributed by atoms with Crippen LogP contribution in [0.4, 0.5) is 5.69 Å². The normalized spacial score (nSPS) is 19.1. The molecule has 2 aromatic carbocycles. The number of anilines is 1. The zero-order valence-corrected chi connectivity index (χ0v) is 12.0. The van der Waals surface area contributed by atoms with Gasteiger partial charge in [0.05, 0.1) is 0 Å². The maximum Gasteiger partial charge on any atom is 0.137 e. The summed E-state index contributed by atoms with van der Waals surface area (Å²) in [6.07, 6.45) is 3.31. The lowest BCUT2D eigenvalue weighted by Gasteiger charge is -2.21. The van der Waals surface area contributed by atoms with Gasteiger partial charge in [0.15, 0.2) is 0 Å². The largest absolute Gasteiger partial charge is 0.489 e. The third-order valence-corrected chi connectivity index (χ3v) is 4.19. The van der Waals surface area contributed by atoms with Crippen molar-refractivity contribution in [2.75, 3.05) is 18.5 Å². The number of benzene rings is 2. The topological polar surface area (TPSA) is 30.5 Å². The first kappa shape index (κ1) is 12.6. The highest BCUT2D eigenvalue weighted by Crippen LogP contribution is 2.32. The Balaban J connectivity index is 1.44. The van der Waals surface area contributed by atoms with Crippen molar-refractivity contribution in [2.45, 2.75) is 25.4 Å². The minimum Gasteiger partial charge on any atom is -0.489 e. The molecule has 21 heavy (non-hydrogen) atoms. The minimum absolute atomic E-state index is 0.120. The molecule has 0 saturated heterocycles. The minimum atomic E-state index is 0.120. The summed E-state index contributed by atoms with van der Waals surface area (Å²) in [7, 11) is 0. The van der Waals surface area contributed by atoms with Gasteiger partial charge in [0.25, 0.3) is 0 Å². The van der Waals surface area contributed by atoms with Crippen molar-refractivity contribution in [3.8, 4) is 11.5 Å². The fourth-order valence-electron chi connectivity index (χ4n) is 3.14. The van der Waals surface area contributed by atoms with Crippen LogP contribution in [-0.4, -0.2) is 19.3 Å². The second-order valence-electron chi connectivity index (χ2n) is 5.68. The van der Waals surface area contributed by atoms with Crippen LogP contribution in [0.2, 0.25) is 0 Å². The van der Waals surface area contributed by atoms with Gasteiger partial charge in [-0.2, -0.15) is 0 Å². The van der Waals surface area contributed by atoms with Crippen LogP contribution in [0.25, 0.3) is 0 Å². The van der Waals surface area contributed by atoms with Gasteiger partial charge in [0.1, 0.15) is 24.2 Å². The molecule has 4 rings (SSSR count). The lowest BCUT2D eigenvalue weighted by Crippen LogP contribution is -2.23. The average molecular weight is 281 g/mol. The van der Waals surface area contributed by atoms with Gasteiger partial charge in [0, 0.05) is 24.2 Å². The third-order valence-electron chi connectivity index (χ3n) is 4.19. The quantitative estimate of drug-likeness (QED) is 0.935. The number of rotatable bonds is 3. The van der Waals surface area contributed by atoms with Gasteiger partial charge in [-0.1, -0.05) is 24.3 Å². The fraction of sp³-hybridized carbons (Fsp3) is 0.333. The number of para-hydroxylation sites is 1. The van der Waals surface area contributed by atoms with Gasteiger partial charge >= 0.3 is 0 Å². The van der Waals surface area contributed by atoms with Crippen LogP contribution in [0.3, 0.4) is 0 Å².